The van der Waals surface area contributed by atoms with E-state index in [2.05, 4.69) is 59.0 Å². The molecule has 28 heavy (non-hydrogen) atoms. The number of fused-ring (bicyclic) bond motifs is 1. The molecule has 2 saturated carbocycles. The number of ketones is 1. The maximum atomic E-state index is 13.6. The summed E-state index contributed by atoms with van der Waals surface area (Å²) in [7, 11) is -1.81. The molecule has 0 saturated heterocycles. The van der Waals surface area contributed by atoms with Gasteiger partial charge in [-0.1, -0.05) is 45.8 Å². The van der Waals surface area contributed by atoms with Crippen molar-refractivity contribution in [1.82, 2.24) is 0 Å². The summed E-state index contributed by atoms with van der Waals surface area (Å²) in [6.45, 7) is 16.5. The van der Waals surface area contributed by atoms with Gasteiger partial charge in [-0.2, -0.15) is 6.92 Å². The summed E-state index contributed by atoms with van der Waals surface area (Å²) < 4.78 is 6.59. The van der Waals surface area contributed by atoms with Crippen LogP contribution in [0.25, 0.3) is 0 Å². The monoisotopic (exact) mass is 394 g/mol. The van der Waals surface area contributed by atoms with Crippen LogP contribution in [0.1, 0.15) is 66.7 Å². The molecule has 3 aliphatic rings. The van der Waals surface area contributed by atoms with E-state index in [0.29, 0.717) is 17.6 Å². The van der Waals surface area contributed by atoms with Gasteiger partial charge in [0.05, 0.1) is 0 Å². The van der Waals surface area contributed by atoms with Gasteiger partial charge in [-0.25, -0.2) is 0 Å². The quantitative estimate of drug-likeness (QED) is 0.392. The first-order chi connectivity index (χ1) is 12.5. The van der Waals surface area contributed by atoms with E-state index in [1.54, 1.807) is 5.57 Å². The molecule has 0 unspecified atom stereocenters. The summed E-state index contributed by atoms with van der Waals surface area (Å²) in [4.78, 5) is 13.6. The molecule has 0 spiro atoms. The first-order valence-corrected chi connectivity index (χ1v) is 13.8. The van der Waals surface area contributed by atoms with Crippen LogP contribution in [0.3, 0.4) is 0 Å². The third-order valence-corrected chi connectivity index (χ3v) is 12.7. The van der Waals surface area contributed by atoms with Crippen LogP contribution in [0.15, 0.2) is 17.7 Å². The van der Waals surface area contributed by atoms with Crippen molar-refractivity contribution >= 4 is 14.1 Å². The Kier molecular flexibility index (Phi) is 7.41. The van der Waals surface area contributed by atoms with Crippen LogP contribution in [-0.4, -0.2) is 20.7 Å². The van der Waals surface area contributed by atoms with Crippen LogP contribution in [-0.2, 0) is 9.22 Å². The molecule has 0 N–H and O–H groups in total. The number of hydrogen-bond acceptors (Lipinski definition) is 2. The molecule has 2 nitrogen and oxygen atoms in total. The van der Waals surface area contributed by atoms with E-state index in [-0.39, 0.29) is 41.1 Å². The van der Waals surface area contributed by atoms with Crippen molar-refractivity contribution in [3.63, 3.8) is 0 Å². The van der Waals surface area contributed by atoms with E-state index in [4.69, 9.17) is 4.43 Å². The van der Waals surface area contributed by atoms with Crippen molar-refractivity contribution < 1.29 is 28.1 Å². The van der Waals surface area contributed by atoms with Gasteiger partial charge in [0.25, 0.3) is 0 Å². The number of carbonyl (C=O) groups is 1. The number of rotatable bonds is 6. The zero-order chi connectivity index (χ0) is 20.0. The SMILES string of the molecule is C[C-]=CC[C@H](CO[Si](C)(C)C(C)(C)C)[C@H]1CCC2=CCC[C@]3(C)[C@H](C1=O)[C@H]23.[Li+]. The zero-order valence-corrected chi connectivity index (χ0v) is 20.5. The predicted octanol–water partition coefficient (Wildman–Crippen LogP) is 3.35. The van der Waals surface area contributed by atoms with Gasteiger partial charge in [-0.05, 0) is 61.1 Å². The molecule has 0 aliphatic heterocycles. The van der Waals surface area contributed by atoms with Gasteiger partial charge < -0.3 is 10.5 Å². The van der Waals surface area contributed by atoms with E-state index >= 15 is 0 Å². The van der Waals surface area contributed by atoms with Gasteiger partial charge in [0.15, 0.2) is 8.32 Å². The third-order valence-electron chi connectivity index (χ3n) is 8.21. The molecule has 4 heteroatoms. The summed E-state index contributed by atoms with van der Waals surface area (Å²) in [5, 5.41) is 0.203. The van der Waals surface area contributed by atoms with E-state index in [9.17, 15) is 4.79 Å². The molecule has 0 amide bonds. The third kappa shape index (κ3) is 4.34. The van der Waals surface area contributed by atoms with Gasteiger partial charge in [0.2, 0.25) is 0 Å². The predicted molar refractivity (Wildman–Crippen MR) is 115 cm³/mol. The molecule has 0 heterocycles. The minimum absolute atomic E-state index is 0. The Labute approximate surface area is 186 Å². The molecule has 3 rings (SSSR count). The topological polar surface area (TPSA) is 26.3 Å². The van der Waals surface area contributed by atoms with Crippen molar-refractivity contribution in [3.05, 3.63) is 23.8 Å². The number of hydrogen-bond donors (Lipinski definition) is 0. The van der Waals surface area contributed by atoms with Crippen molar-refractivity contribution in [2.45, 2.75) is 84.9 Å². The normalized spacial score (nSPS) is 33.6. The molecule has 5 atom stereocenters. The second-order valence-corrected chi connectivity index (χ2v) is 15.7. The molecular formula is C24H39LiO2Si. The van der Waals surface area contributed by atoms with Crippen LogP contribution in [0.4, 0.5) is 0 Å². The Hall–Kier alpha value is -0.0757. The molecule has 0 bridgehead atoms. The molecule has 0 radical (unpaired) electrons. The van der Waals surface area contributed by atoms with Gasteiger partial charge >= 0.3 is 18.9 Å². The van der Waals surface area contributed by atoms with E-state index in [1.807, 2.05) is 6.92 Å². The van der Waals surface area contributed by atoms with E-state index < -0.39 is 8.32 Å². The minimum atomic E-state index is -1.81. The molecule has 2 fully saturated rings. The average Bonchev–Trinajstić information content (AvgIpc) is 3.24. The number of carbonyl (C=O) groups excluding carboxylic acids is 1. The molecule has 3 aliphatic carbocycles. The fourth-order valence-electron chi connectivity index (χ4n) is 5.27. The zero-order valence-electron chi connectivity index (χ0n) is 19.5. The van der Waals surface area contributed by atoms with Crippen LogP contribution < -0.4 is 18.9 Å². The smallest absolute Gasteiger partial charge is 0.504 e. The van der Waals surface area contributed by atoms with Crippen molar-refractivity contribution in [1.29, 1.82) is 0 Å². The summed E-state index contributed by atoms with van der Waals surface area (Å²) in [5.74, 6) is 1.82. The molecule has 152 valence electrons. The number of Topliss-reactive ketones (excluding diaryl/α,β-unsaturated/α-hetero) is 1. The van der Waals surface area contributed by atoms with Crippen molar-refractivity contribution in [2.75, 3.05) is 6.61 Å². The van der Waals surface area contributed by atoms with E-state index in [1.165, 1.54) is 12.8 Å². The van der Waals surface area contributed by atoms with Crippen LogP contribution in [0, 0.1) is 35.2 Å². The molecule has 0 aromatic rings. The Balaban J connectivity index is 0.00000280. The van der Waals surface area contributed by atoms with Crippen molar-refractivity contribution in [2.24, 2.45) is 29.1 Å². The maximum Gasteiger partial charge on any atom is 1.00 e. The standard InChI is InChI=1S/C24H39O2Si.Li/c1-8-9-11-18(16-26-27(6,7)23(2,3)4)19-14-13-17-12-10-15-24(5)20(17)21(24)22(19)25;/h9,12,18-21H,10-11,13-16H2,1-7H3;/q-1;+1/t18-,19-,20+,21+,24+;/m1./s1. The average molecular weight is 395 g/mol. The van der Waals surface area contributed by atoms with Gasteiger partial charge in [-0.3, -0.25) is 10.9 Å². The summed E-state index contributed by atoms with van der Waals surface area (Å²) in [6, 6.07) is 0. The second-order valence-electron chi connectivity index (χ2n) is 10.9. The summed E-state index contributed by atoms with van der Waals surface area (Å²) in [6.07, 6.45) is 13.1. The Morgan fingerprint density at radius 3 is 2.64 bits per heavy atom. The molecule has 0 aromatic heterocycles. The van der Waals surface area contributed by atoms with Crippen LogP contribution >= 0.6 is 0 Å². The van der Waals surface area contributed by atoms with Gasteiger partial charge in [0, 0.05) is 18.4 Å². The summed E-state index contributed by atoms with van der Waals surface area (Å²) in [5.41, 5.74) is 1.85. The Bertz CT molecular complexity index is 645. The molecule has 0 aromatic carbocycles. The Morgan fingerprint density at radius 1 is 1.36 bits per heavy atom. The van der Waals surface area contributed by atoms with Gasteiger partial charge in [-0.15, -0.1) is 0 Å². The van der Waals surface area contributed by atoms with Crippen LogP contribution in [0.2, 0.25) is 18.1 Å². The maximum absolute atomic E-state index is 13.6. The van der Waals surface area contributed by atoms with E-state index in [0.717, 1.165) is 25.9 Å². The Morgan fingerprint density at radius 2 is 2.04 bits per heavy atom. The largest absolute Gasteiger partial charge is 1.00 e. The van der Waals surface area contributed by atoms with Crippen LogP contribution in [0.5, 0.6) is 0 Å². The molecular weight excluding hydrogens is 355 g/mol. The fourth-order valence-corrected chi connectivity index (χ4v) is 6.33. The first kappa shape index (κ1) is 24.2. The van der Waals surface area contributed by atoms with Gasteiger partial charge in [0.1, 0.15) is 5.78 Å². The second kappa shape index (κ2) is 8.58. The fraction of sp³-hybridized carbons (Fsp3) is 0.792. The number of allylic oxidation sites excluding steroid dienone is 4. The minimum Gasteiger partial charge on any atom is -0.504 e. The van der Waals surface area contributed by atoms with Crippen molar-refractivity contribution in [3.8, 4) is 0 Å². The first-order valence-electron chi connectivity index (χ1n) is 10.9. The summed E-state index contributed by atoms with van der Waals surface area (Å²) >= 11 is 0.